The van der Waals surface area contributed by atoms with Crippen molar-refractivity contribution in [2.45, 2.75) is 44.1 Å². The van der Waals surface area contributed by atoms with Crippen LogP contribution in [0.4, 0.5) is 0 Å². The van der Waals surface area contributed by atoms with Crippen LogP contribution in [0.2, 0.25) is 0 Å². The third-order valence-corrected chi connectivity index (χ3v) is 4.70. The molecule has 2 N–H and O–H groups in total. The van der Waals surface area contributed by atoms with Gasteiger partial charge in [-0.15, -0.1) is 0 Å². The molecular formula is C16H23BrN2O. The first-order valence-electron chi connectivity index (χ1n) is 7.30. The van der Waals surface area contributed by atoms with Crippen molar-refractivity contribution < 1.29 is 4.79 Å². The number of carbonyl (C=O) groups is 1. The Kier molecular flexibility index (Phi) is 5.22. The highest BCUT2D eigenvalue weighted by molar-refractivity contribution is 9.10. The highest BCUT2D eigenvalue weighted by atomic mass is 79.9. The van der Waals surface area contributed by atoms with Gasteiger partial charge in [0.1, 0.15) is 0 Å². The fourth-order valence-electron chi connectivity index (χ4n) is 2.83. The van der Waals surface area contributed by atoms with E-state index in [-0.39, 0.29) is 5.91 Å². The van der Waals surface area contributed by atoms with E-state index in [9.17, 15) is 4.79 Å². The van der Waals surface area contributed by atoms with Gasteiger partial charge in [0, 0.05) is 18.1 Å². The van der Waals surface area contributed by atoms with Crippen LogP contribution in [0.25, 0.3) is 0 Å². The van der Waals surface area contributed by atoms with Crippen molar-refractivity contribution in [3.05, 3.63) is 34.3 Å². The summed E-state index contributed by atoms with van der Waals surface area (Å²) < 4.78 is 1.08. The van der Waals surface area contributed by atoms with Crippen LogP contribution in [0.3, 0.4) is 0 Å². The van der Waals surface area contributed by atoms with Crippen LogP contribution in [0.5, 0.6) is 0 Å². The smallest absolute Gasteiger partial charge is 0.242 e. The molecule has 0 atom stereocenters. The highest BCUT2D eigenvalue weighted by Gasteiger charge is 2.36. The topological polar surface area (TPSA) is 46.3 Å². The molecule has 20 heavy (non-hydrogen) atoms. The molecule has 0 radical (unpaired) electrons. The number of nitrogens with two attached hydrogens (primary N) is 1. The zero-order valence-corrected chi connectivity index (χ0v) is 13.7. The maximum atomic E-state index is 12.5. The average Bonchev–Trinajstić information content (AvgIpc) is 2.46. The maximum absolute atomic E-state index is 12.5. The Hall–Kier alpha value is -0.870. The van der Waals surface area contributed by atoms with Gasteiger partial charge in [0.2, 0.25) is 5.91 Å². The first kappa shape index (κ1) is 15.5. The summed E-state index contributed by atoms with van der Waals surface area (Å²) in [7, 11) is 1.87. The third kappa shape index (κ3) is 3.83. The summed E-state index contributed by atoms with van der Waals surface area (Å²) in [6.07, 6.45) is 5.87. The molecule has 1 aliphatic carbocycles. The van der Waals surface area contributed by atoms with Gasteiger partial charge >= 0.3 is 0 Å². The number of halogens is 1. The van der Waals surface area contributed by atoms with Crippen LogP contribution in [-0.2, 0) is 11.2 Å². The van der Waals surface area contributed by atoms with E-state index in [0.29, 0.717) is 0 Å². The van der Waals surface area contributed by atoms with Crippen molar-refractivity contribution in [1.29, 1.82) is 0 Å². The van der Waals surface area contributed by atoms with E-state index in [4.69, 9.17) is 5.73 Å². The SMILES string of the molecule is CN(CCc1ccc(Br)cc1)C(=O)C1(N)CCCCC1. The van der Waals surface area contributed by atoms with E-state index in [1.165, 1.54) is 12.0 Å². The van der Waals surface area contributed by atoms with E-state index in [2.05, 4.69) is 28.1 Å². The second-order valence-corrected chi connectivity index (χ2v) is 6.74. The van der Waals surface area contributed by atoms with Crippen LogP contribution in [0.1, 0.15) is 37.7 Å². The highest BCUT2D eigenvalue weighted by Crippen LogP contribution is 2.27. The molecule has 0 heterocycles. The molecule has 0 bridgehead atoms. The van der Waals surface area contributed by atoms with Crippen molar-refractivity contribution in [1.82, 2.24) is 4.90 Å². The van der Waals surface area contributed by atoms with Gasteiger partial charge in [-0.2, -0.15) is 0 Å². The second-order valence-electron chi connectivity index (χ2n) is 5.82. The molecule has 0 spiro atoms. The summed E-state index contributed by atoms with van der Waals surface area (Å²) >= 11 is 3.43. The monoisotopic (exact) mass is 338 g/mol. The van der Waals surface area contributed by atoms with Gasteiger partial charge in [-0.05, 0) is 37.0 Å². The largest absolute Gasteiger partial charge is 0.344 e. The average molecular weight is 339 g/mol. The third-order valence-electron chi connectivity index (χ3n) is 4.17. The van der Waals surface area contributed by atoms with Crippen molar-refractivity contribution in [3.63, 3.8) is 0 Å². The van der Waals surface area contributed by atoms with Crippen LogP contribution in [-0.4, -0.2) is 29.9 Å². The van der Waals surface area contributed by atoms with Crippen molar-refractivity contribution in [2.24, 2.45) is 5.73 Å². The van der Waals surface area contributed by atoms with Crippen LogP contribution in [0, 0.1) is 0 Å². The Morgan fingerprint density at radius 1 is 1.25 bits per heavy atom. The first-order valence-corrected chi connectivity index (χ1v) is 8.09. The Morgan fingerprint density at radius 3 is 2.45 bits per heavy atom. The van der Waals surface area contributed by atoms with Crippen LogP contribution < -0.4 is 5.73 Å². The molecule has 1 saturated carbocycles. The molecule has 110 valence electrons. The zero-order valence-electron chi connectivity index (χ0n) is 12.1. The Morgan fingerprint density at radius 2 is 1.85 bits per heavy atom. The lowest BCUT2D eigenvalue weighted by molar-refractivity contribution is -0.136. The molecule has 0 aromatic heterocycles. The van der Waals surface area contributed by atoms with Crippen molar-refractivity contribution in [3.8, 4) is 0 Å². The number of hydrogen-bond donors (Lipinski definition) is 1. The Bertz CT molecular complexity index is 452. The minimum atomic E-state index is -0.618. The van der Waals surface area contributed by atoms with Gasteiger partial charge in [-0.1, -0.05) is 47.3 Å². The van der Waals surface area contributed by atoms with Gasteiger partial charge < -0.3 is 10.6 Å². The molecule has 1 aromatic rings. The Labute approximate surface area is 129 Å². The lowest BCUT2D eigenvalue weighted by Gasteiger charge is -2.35. The number of likely N-dealkylation sites (N-methyl/N-ethyl adjacent to an activating group) is 1. The number of nitrogens with zero attached hydrogens (tertiary/aromatic N) is 1. The van der Waals surface area contributed by atoms with Gasteiger partial charge in [-0.3, -0.25) is 4.79 Å². The van der Waals surface area contributed by atoms with Gasteiger partial charge in [-0.25, -0.2) is 0 Å². The van der Waals surface area contributed by atoms with Gasteiger partial charge in [0.15, 0.2) is 0 Å². The minimum Gasteiger partial charge on any atom is -0.344 e. The molecular weight excluding hydrogens is 316 g/mol. The van der Waals surface area contributed by atoms with Gasteiger partial charge in [0.25, 0.3) is 0 Å². The lowest BCUT2D eigenvalue weighted by atomic mass is 9.81. The lowest BCUT2D eigenvalue weighted by Crippen LogP contribution is -2.55. The molecule has 1 aromatic carbocycles. The van der Waals surface area contributed by atoms with E-state index >= 15 is 0 Å². The quantitative estimate of drug-likeness (QED) is 0.916. The van der Waals surface area contributed by atoms with E-state index in [1.54, 1.807) is 4.90 Å². The van der Waals surface area contributed by atoms with Crippen LogP contribution in [0.15, 0.2) is 28.7 Å². The fourth-order valence-corrected chi connectivity index (χ4v) is 3.09. The number of benzene rings is 1. The Balaban J connectivity index is 1.89. The van der Waals surface area contributed by atoms with E-state index < -0.39 is 5.54 Å². The second kappa shape index (κ2) is 6.72. The van der Waals surface area contributed by atoms with E-state index in [0.717, 1.165) is 43.1 Å². The van der Waals surface area contributed by atoms with Crippen molar-refractivity contribution in [2.75, 3.05) is 13.6 Å². The van der Waals surface area contributed by atoms with Gasteiger partial charge in [0.05, 0.1) is 5.54 Å². The summed E-state index contributed by atoms with van der Waals surface area (Å²) in [6, 6.07) is 8.23. The standard InChI is InChI=1S/C16H23BrN2O/c1-19(12-9-13-5-7-14(17)8-6-13)15(20)16(18)10-3-2-4-11-16/h5-8H,2-4,9-12,18H2,1H3. The number of amides is 1. The predicted octanol–water partition coefficient (Wildman–Crippen LogP) is 3.11. The van der Waals surface area contributed by atoms with E-state index in [1.807, 2.05) is 19.2 Å². The number of carbonyl (C=O) groups excluding carboxylic acids is 1. The van der Waals surface area contributed by atoms with Crippen LogP contribution >= 0.6 is 15.9 Å². The number of rotatable bonds is 4. The predicted molar refractivity (Wildman–Crippen MR) is 85.5 cm³/mol. The zero-order chi connectivity index (χ0) is 14.6. The normalized spacial score (nSPS) is 17.8. The molecule has 4 heteroatoms. The first-order chi connectivity index (χ1) is 9.51. The summed E-state index contributed by atoms with van der Waals surface area (Å²) in [5.74, 6) is 0.106. The molecule has 1 aliphatic rings. The summed E-state index contributed by atoms with van der Waals surface area (Å²) in [6.45, 7) is 0.722. The fraction of sp³-hybridized carbons (Fsp3) is 0.562. The molecule has 2 rings (SSSR count). The molecule has 1 amide bonds. The molecule has 0 unspecified atom stereocenters. The molecule has 0 aliphatic heterocycles. The molecule has 0 saturated heterocycles. The summed E-state index contributed by atoms with van der Waals surface area (Å²) in [5, 5.41) is 0. The minimum absolute atomic E-state index is 0.106. The number of hydrogen-bond acceptors (Lipinski definition) is 2. The van der Waals surface area contributed by atoms with Crippen molar-refractivity contribution >= 4 is 21.8 Å². The molecule has 3 nitrogen and oxygen atoms in total. The summed E-state index contributed by atoms with van der Waals surface area (Å²) in [5.41, 5.74) is 6.92. The maximum Gasteiger partial charge on any atom is 0.242 e. The summed E-state index contributed by atoms with van der Waals surface area (Å²) in [4.78, 5) is 14.3. The molecule has 1 fully saturated rings.